The molecule has 1 amide bonds. The average Bonchev–Trinajstić information content (AvgIpc) is 2.64. The van der Waals surface area contributed by atoms with Gasteiger partial charge in [0.25, 0.3) is 0 Å². The van der Waals surface area contributed by atoms with Crippen LogP contribution in [0.2, 0.25) is 5.02 Å². The predicted octanol–water partition coefficient (Wildman–Crippen LogP) is 1.59. The fraction of sp³-hybridized carbons (Fsp3) is 0.300. The molecule has 0 aliphatic carbocycles. The molecule has 2 rings (SSSR count). The van der Waals surface area contributed by atoms with Gasteiger partial charge in [-0.3, -0.25) is 15.2 Å². The van der Waals surface area contributed by atoms with Crippen LogP contribution in [0.3, 0.4) is 0 Å². The minimum absolute atomic E-state index is 0.0111. The molecule has 1 N–H and O–H groups in total. The number of ether oxygens (including phenoxy) is 1. The van der Waals surface area contributed by atoms with Crippen LogP contribution in [0.25, 0.3) is 0 Å². The Hall–Kier alpha value is -1.42. The van der Waals surface area contributed by atoms with E-state index in [1.807, 2.05) is 12.1 Å². The summed E-state index contributed by atoms with van der Waals surface area (Å²) >= 11 is 5.98. The van der Waals surface area contributed by atoms with Crippen molar-refractivity contribution in [3.8, 4) is 5.75 Å². The molecule has 1 aliphatic rings. The van der Waals surface area contributed by atoms with Crippen LogP contribution in [0.4, 0.5) is 5.69 Å². The topological polar surface area (TPSA) is 41.6 Å². The average molecular weight is 227 g/mol. The minimum Gasteiger partial charge on any atom is -0.493 e. The van der Waals surface area contributed by atoms with Crippen LogP contribution in [0.1, 0.15) is 6.42 Å². The maximum absolute atomic E-state index is 11.1. The molecule has 0 spiro atoms. The number of para-hydroxylation sites is 1. The third-order valence-corrected chi connectivity index (χ3v) is 2.56. The van der Waals surface area contributed by atoms with E-state index >= 15 is 0 Å². The molecule has 0 bridgehead atoms. The SMILES string of the molecule is COc1c(Cl)cccc1N1CCC(=O)N1. The maximum Gasteiger partial charge on any atom is 0.240 e. The molecule has 1 heterocycles. The smallest absolute Gasteiger partial charge is 0.240 e. The normalized spacial score (nSPS) is 15.3. The fourth-order valence-corrected chi connectivity index (χ4v) is 1.82. The largest absolute Gasteiger partial charge is 0.493 e. The van der Waals surface area contributed by atoms with E-state index in [1.165, 1.54) is 0 Å². The molecule has 0 atom stereocenters. The summed E-state index contributed by atoms with van der Waals surface area (Å²) in [7, 11) is 1.56. The monoisotopic (exact) mass is 226 g/mol. The number of benzene rings is 1. The second-order valence-electron chi connectivity index (χ2n) is 3.23. The van der Waals surface area contributed by atoms with Crippen molar-refractivity contribution in [3.05, 3.63) is 23.2 Å². The van der Waals surface area contributed by atoms with Crippen molar-refractivity contribution in [1.29, 1.82) is 0 Å². The zero-order valence-corrected chi connectivity index (χ0v) is 9.04. The first-order valence-electron chi connectivity index (χ1n) is 4.62. The summed E-state index contributed by atoms with van der Waals surface area (Å²) in [5.74, 6) is 0.596. The van der Waals surface area contributed by atoms with Crippen molar-refractivity contribution in [3.63, 3.8) is 0 Å². The molecule has 1 aromatic rings. The Bertz CT molecular complexity index is 395. The highest BCUT2D eigenvalue weighted by molar-refractivity contribution is 6.32. The Morgan fingerprint density at radius 1 is 1.53 bits per heavy atom. The summed E-state index contributed by atoms with van der Waals surface area (Å²) in [4.78, 5) is 11.1. The van der Waals surface area contributed by atoms with Crippen LogP contribution in [0, 0.1) is 0 Å². The van der Waals surface area contributed by atoms with Gasteiger partial charge in [-0.1, -0.05) is 17.7 Å². The Morgan fingerprint density at radius 2 is 2.33 bits per heavy atom. The Labute approximate surface area is 92.7 Å². The van der Waals surface area contributed by atoms with Gasteiger partial charge in [0.2, 0.25) is 5.91 Å². The van der Waals surface area contributed by atoms with E-state index in [0.29, 0.717) is 23.7 Å². The standard InChI is InChI=1S/C10H11ClN2O2/c1-15-10-7(11)3-2-4-8(10)13-6-5-9(14)12-13/h2-4H,5-6H2,1H3,(H,12,14). The number of carbonyl (C=O) groups excluding carboxylic acids is 1. The zero-order chi connectivity index (χ0) is 10.8. The Kier molecular flexibility index (Phi) is 2.68. The number of halogens is 1. The summed E-state index contributed by atoms with van der Waals surface area (Å²) in [6.45, 7) is 0.634. The van der Waals surface area contributed by atoms with E-state index in [-0.39, 0.29) is 5.91 Å². The molecular formula is C10H11ClN2O2. The second kappa shape index (κ2) is 3.98. The van der Waals surface area contributed by atoms with Crippen LogP contribution in [0.15, 0.2) is 18.2 Å². The second-order valence-corrected chi connectivity index (χ2v) is 3.64. The van der Waals surface area contributed by atoms with Crippen molar-refractivity contribution in [1.82, 2.24) is 5.43 Å². The molecule has 1 aliphatic heterocycles. The first kappa shape index (κ1) is 10.1. The number of nitrogens with zero attached hydrogens (tertiary/aromatic N) is 1. The van der Waals surface area contributed by atoms with Gasteiger partial charge in [0.1, 0.15) is 5.69 Å². The molecule has 0 aromatic heterocycles. The number of carbonyl (C=O) groups is 1. The summed E-state index contributed by atoms with van der Waals surface area (Å²) in [6.07, 6.45) is 0.496. The van der Waals surface area contributed by atoms with Gasteiger partial charge in [0.15, 0.2) is 5.75 Å². The predicted molar refractivity (Wildman–Crippen MR) is 58.1 cm³/mol. The van der Waals surface area contributed by atoms with Gasteiger partial charge in [0.05, 0.1) is 12.1 Å². The van der Waals surface area contributed by atoms with Crippen molar-refractivity contribution in [2.75, 3.05) is 18.7 Å². The molecule has 1 aromatic carbocycles. The van der Waals surface area contributed by atoms with Crippen LogP contribution in [0.5, 0.6) is 5.75 Å². The van der Waals surface area contributed by atoms with Gasteiger partial charge in [-0.2, -0.15) is 0 Å². The van der Waals surface area contributed by atoms with E-state index < -0.39 is 0 Å². The van der Waals surface area contributed by atoms with Crippen LogP contribution >= 0.6 is 11.6 Å². The summed E-state index contributed by atoms with van der Waals surface area (Å²) < 4.78 is 5.20. The van der Waals surface area contributed by atoms with Crippen molar-refractivity contribution in [2.45, 2.75) is 6.42 Å². The lowest BCUT2D eigenvalue weighted by Gasteiger charge is -2.20. The van der Waals surface area contributed by atoms with Crippen LogP contribution < -0.4 is 15.2 Å². The lowest BCUT2D eigenvalue weighted by atomic mass is 10.3. The quantitative estimate of drug-likeness (QED) is 0.833. The van der Waals surface area contributed by atoms with Gasteiger partial charge in [-0.15, -0.1) is 0 Å². The summed E-state index contributed by atoms with van der Waals surface area (Å²) in [5, 5.41) is 2.28. The highest BCUT2D eigenvalue weighted by atomic mass is 35.5. The molecule has 0 saturated carbocycles. The lowest BCUT2D eigenvalue weighted by Crippen LogP contribution is -2.33. The third-order valence-electron chi connectivity index (χ3n) is 2.26. The number of amides is 1. The molecule has 1 saturated heterocycles. The van der Waals surface area contributed by atoms with E-state index in [1.54, 1.807) is 18.2 Å². The minimum atomic E-state index is 0.0111. The molecule has 0 radical (unpaired) electrons. The van der Waals surface area contributed by atoms with E-state index in [4.69, 9.17) is 16.3 Å². The third kappa shape index (κ3) is 1.85. The fourth-order valence-electron chi connectivity index (χ4n) is 1.57. The number of nitrogens with one attached hydrogen (secondary N) is 1. The van der Waals surface area contributed by atoms with Crippen molar-refractivity contribution >= 4 is 23.2 Å². The summed E-state index contributed by atoms with van der Waals surface area (Å²) in [6, 6.07) is 5.43. The number of rotatable bonds is 2. The Morgan fingerprint density at radius 3 is 2.93 bits per heavy atom. The van der Waals surface area contributed by atoms with Crippen LogP contribution in [-0.2, 0) is 4.79 Å². The molecule has 4 nitrogen and oxygen atoms in total. The number of hydrazine groups is 1. The number of methoxy groups -OCH3 is 1. The first-order valence-corrected chi connectivity index (χ1v) is 4.99. The highest BCUT2D eigenvalue weighted by Crippen LogP contribution is 2.35. The summed E-state index contributed by atoms with van der Waals surface area (Å²) in [5.41, 5.74) is 3.52. The van der Waals surface area contributed by atoms with Crippen molar-refractivity contribution < 1.29 is 9.53 Å². The van der Waals surface area contributed by atoms with Gasteiger partial charge in [0, 0.05) is 13.0 Å². The molecular weight excluding hydrogens is 216 g/mol. The molecule has 15 heavy (non-hydrogen) atoms. The lowest BCUT2D eigenvalue weighted by molar-refractivity contribution is -0.119. The zero-order valence-electron chi connectivity index (χ0n) is 8.29. The molecule has 1 fully saturated rings. The number of hydrogen-bond donors (Lipinski definition) is 1. The van der Waals surface area contributed by atoms with E-state index in [9.17, 15) is 4.79 Å². The number of hydrogen-bond acceptors (Lipinski definition) is 3. The Balaban J connectivity index is 2.35. The van der Waals surface area contributed by atoms with Gasteiger partial charge < -0.3 is 4.74 Å². The van der Waals surface area contributed by atoms with E-state index in [0.717, 1.165) is 5.69 Å². The van der Waals surface area contributed by atoms with Crippen molar-refractivity contribution in [2.24, 2.45) is 0 Å². The van der Waals surface area contributed by atoms with E-state index in [2.05, 4.69) is 5.43 Å². The van der Waals surface area contributed by atoms with Gasteiger partial charge >= 0.3 is 0 Å². The molecule has 80 valence electrons. The first-order chi connectivity index (χ1) is 7.22. The van der Waals surface area contributed by atoms with Gasteiger partial charge in [-0.25, -0.2) is 0 Å². The highest BCUT2D eigenvalue weighted by Gasteiger charge is 2.22. The maximum atomic E-state index is 11.1. The molecule has 5 heteroatoms. The van der Waals surface area contributed by atoms with Crippen LogP contribution in [-0.4, -0.2) is 19.6 Å². The van der Waals surface area contributed by atoms with Gasteiger partial charge in [-0.05, 0) is 12.1 Å². The molecule has 0 unspecified atom stereocenters. The number of anilines is 1.